The maximum atomic E-state index is 6.22. The van der Waals surface area contributed by atoms with E-state index in [2.05, 4.69) is 49.4 Å². The van der Waals surface area contributed by atoms with Gasteiger partial charge in [0.25, 0.3) is 0 Å². The molecule has 0 amide bonds. The maximum absolute atomic E-state index is 6.22. The van der Waals surface area contributed by atoms with Gasteiger partial charge in [-0.2, -0.15) is 0 Å². The van der Waals surface area contributed by atoms with Gasteiger partial charge in [0.2, 0.25) is 0 Å². The Hall–Kier alpha value is -1.60. The van der Waals surface area contributed by atoms with Gasteiger partial charge < -0.3 is 5.73 Å². The van der Waals surface area contributed by atoms with E-state index in [1.54, 1.807) is 0 Å². The van der Waals surface area contributed by atoms with Gasteiger partial charge in [0.05, 0.1) is 0 Å². The van der Waals surface area contributed by atoms with E-state index in [9.17, 15) is 0 Å². The third-order valence-corrected chi connectivity index (χ3v) is 3.85. The van der Waals surface area contributed by atoms with Gasteiger partial charge in [0, 0.05) is 6.04 Å². The van der Waals surface area contributed by atoms with E-state index >= 15 is 0 Å². The van der Waals surface area contributed by atoms with E-state index in [0.29, 0.717) is 0 Å². The monoisotopic (exact) mass is 237 g/mol. The van der Waals surface area contributed by atoms with E-state index in [4.69, 9.17) is 5.73 Å². The Kier molecular flexibility index (Phi) is 2.92. The van der Waals surface area contributed by atoms with Crippen LogP contribution in [0.1, 0.15) is 42.5 Å². The molecule has 1 nitrogen and oxygen atoms in total. The topological polar surface area (TPSA) is 26.0 Å². The molecule has 1 aliphatic rings. The fourth-order valence-electron chi connectivity index (χ4n) is 2.85. The average Bonchev–Trinajstić information content (AvgIpc) is 2.76. The van der Waals surface area contributed by atoms with Crippen molar-refractivity contribution in [3.63, 3.8) is 0 Å². The number of hydrogen-bond acceptors (Lipinski definition) is 1. The zero-order valence-electron chi connectivity index (χ0n) is 10.8. The summed E-state index contributed by atoms with van der Waals surface area (Å²) in [5.41, 5.74) is 13.1. The molecule has 92 valence electrons. The fraction of sp³-hybridized carbons (Fsp3) is 0.294. The molecule has 0 spiro atoms. The predicted octanol–water partition coefficient (Wildman–Crippen LogP) is 4.06. The Labute approximate surface area is 109 Å². The molecular formula is C17H19N. The quantitative estimate of drug-likeness (QED) is 0.730. The Balaban J connectivity index is 2.03. The van der Waals surface area contributed by atoms with Gasteiger partial charge in [-0.25, -0.2) is 0 Å². The Morgan fingerprint density at radius 2 is 1.83 bits per heavy atom. The van der Waals surface area contributed by atoms with Crippen molar-refractivity contribution in [2.24, 2.45) is 5.73 Å². The highest BCUT2D eigenvalue weighted by molar-refractivity contribution is 5.77. The van der Waals surface area contributed by atoms with Crippen LogP contribution < -0.4 is 5.73 Å². The fourth-order valence-corrected chi connectivity index (χ4v) is 2.85. The van der Waals surface area contributed by atoms with Crippen molar-refractivity contribution >= 4 is 0 Å². The lowest BCUT2D eigenvalue weighted by molar-refractivity contribution is 0.638. The SMILES string of the molecule is CCCC(N)c1ccc2c(c1)-c1ccccc1C2. The summed E-state index contributed by atoms with van der Waals surface area (Å²) >= 11 is 0. The van der Waals surface area contributed by atoms with Crippen LogP contribution in [0.4, 0.5) is 0 Å². The third kappa shape index (κ3) is 1.85. The lowest BCUT2D eigenvalue weighted by Crippen LogP contribution is -2.09. The Morgan fingerprint density at radius 3 is 2.67 bits per heavy atom. The minimum atomic E-state index is 0.174. The van der Waals surface area contributed by atoms with E-state index in [-0.39, 0.29) is 6.04 Å². The van der Waals surface area contributed by atoms with Gasteiger partial charge in [-0.3, -0.25) is 0 Å². The summed E-state index contributed by atoms with van der Waals surface area (Å²) in [6.45, 7) is 2.18. The second-order valence-electron chi connectivity index (χ2n) is 5.15. The van der Waals surface area contributed by atoms with Crippen LogP contribution in [0.15, 0.2) is 42.5 Å². The molecule has 1 heteroatoms. The lowest BCUT2D eigenvalue weighted by atomic mass is 9.97. The van der Waals surface area contributed by atoms with Crippen molar-refractivity contribution in [3.05, 3.63) is 59.2 Å². The standard InChI is InChI=1S/C17H19N/c1-2-5-17(18)14-9-8-13-10-12-6-3-4-7-15(12)16(13)11-14/h3-4,6-9,11,17H,2,5,10,18H2,1H3. The molecule has 1 atom stereocenters. The van der Waals surface area contributed by atoms with Crippen molar-refractivity contribution in [3.8, 4) is 11.1 Å². The van der Waals surface area contributed by atoms with Gasteiger partial charge in [-0.15, -0.1) is 0 Å². The summed E-state index contributed by atoms with van der Waals surface area (Å²) in [5.74, 6) is 0. The van der Waals surface area contributed by atoms with E-state index < -0.39 is 0 Å². The highest BCUT2D eigenvalue weighted by Gasteiger charge is 2.18. The second-order valence-corrected chi connectivity index (χ2v) is 5.15. The van der Waals surface area contributed by atoms with Crippen molar-refractivity contribution in [2.45, 2.75) is 32.2 Å². The third-order valence-electron chi connectivity index (χ3n) is 3.85. The van der Waals surface area contributed by atoms with Crippen LogP contribution in [0.3, 0.4) is 0 Å². The molecule has 1 aliphatic carbocycles. The maximum Gasteiger partial charge on any atom is 0.0294 e. The van der Waals surface area contributed by atoms with Gasteiger partial charge in [-0.1, -0.05) is 49.7 Å². The van der Waals surface area contributed by atoms with Crippen molar-refractivity contribution in [1.82, 2.24) is 0 Å². The molecule has 0 aromatic heterocycles. The van der Waals surface area contributed by atoms with Crippen LogP contribution in [-0.2, 0) is 6.42 Å². The molecule has 0 fully saturated rings. The van der Waals surface area contributed by atoms with Gasteiger partial charge in [-0.05, 0) is 46.7 Å². The molecule has 2 N–H and O–H groups in total. The summed E-state index contributed by atoms with van der Waals surface area (Å²) in [7, 11) is 0. The van der Waals surface area contributed by atoms with Crippen molar-refractivity contribution in [1.29, 1.82) is 0 Å². The van der Waals surface area contributed by atoms with Crippen LogP contribution in [0.5, 0.6) is 0 Å². The Bertz CT molecular complexity index is 572. The Morgan fingerprint density at radius 1 is 1.06 bits per heavy atom. The van der Waals surface area contributed by atoms with E-state index in [1.807, 2.05) is 0 Å². The molecule has 0 saturated heterocycles. The largest absolute Gasteiger partial charge is 0.324 e. The first-order valence-electron chi connectivity index (χ1n) is 6.76. The van der Waals surface area contributed by atoms with E-state index in [1.165, 1.54) is 27.8 Å². The molecule has 1 unspecified atom stereocenters. The number of fused-ring (bicyclic) bond motifs is 3. The molecule has 0 saturated carbocycles. The summed E-state index contributed by atoms with van der Waals surface area (Å²) in [5, 5.41) is 0. The lowest BCUT2D eigenvalue weighted by Gasteiger charge is -2.12. The van der Waals surface area contributed by atoms with E-state index in [0.717, 1.165) is 19.3 Å². The average molecular weight is 237 g/mol. The minimum Gasteiger partial charge on any atom is -0.324 e. The first-order chi connectivity index (χ1) is 8.79. The van der Waals surface area contributed by atoms with Crippen molar-refractivity contribution < 1.29 is 0 Å². The number of rotatable bonds is 3. The first-order valence-corrected chi connectivity index (χ1v) is 6.76. The summed E-state index contributed by atoms with van der Waals surface area (Å²) in [6, 6.07) is 15.6. The molecule has 18 heavy (non-hydrogen) atoms. The summed E-state index contributed by atoms with van der Waals surface area (Å²) < 4.78 is 0. The highest BCUT2D eigenvalue weighted by Crippen LogP contribution is 2.37. The van der Waals surface area contributed by atoms with Gasteiger partial charge >= 0.3 is 0 Å². The van der Waals surface area contributed by atoms with Crippen LogP contribution in [-0.4, -0.2) is 0 Å². The molecule has 0 bridgehead atoms. The van der Waals surface area contributed by atoms with Crippen molar-refractivity contribution in [2.75, 3.05) is 0 Å². The van der Waals surface area contributed by atoms with Crippen LogP contribution in [0, 0.1) is 0 Å². The first kappa shape index (κ1) is 11.5. The second kappa shape index (κ2) is 4.58. The van der Waals surface area contributed by atoms with Gasteiger partial charge in [0.1, 0.15) is 0 Å². The highest BCUT2D eigenvalue weighted by atomic mass is 14.6. The zero-order chi connectivity index (χ0) is 12.5. The van der Waals surface area contributed by atoms with Crippen LogP contribution in [0.25, 0.3) is 11.1 Å². The predicted molar refractivity (Wildman–Crippen MR) is 76.5 cm³/mol. The summed E-state index contributed by atoms with van der Waals surface area (Å²) in [6.07, 6.45) is 3.25. The number of hydrogen-bond donors (Lipinski definition) is 1. The molecule has 2 aromatic carbocycles. The zero-order valence-corrected chi connectivity index (χ0v) is 10.8. The molecule has 3 rings (SSSR count). The smallest absolute Gasteiger partial charge is 0.0294 e. The molecule has 0 radical (unpaired) electrons. The summed E-state index contributed by atoms with van der Waals surface area (Å²) in [4.78, 5) is 0. The number of benzene rings is 2. The minimum absolute atomic E-state index is 0.174. The van der Waals surface area contributed by atoms with Gasteiger partial charge in [0.15, 0.2) is 0 Å². The van der Waals surface area contributed by atoms with Crippen LogP contribution >= 0.6 is 0 Å². The molecule has 0 heterocycles. The molecule has 2 aromatic rings. The molecular weight excluding hydrogens is 218 g/mol. The van der Waals surface area contributed by atoms with Crippen LogP contribution in [0.2, 0.25) is 0 Å². The molecule has 0 aliphatic heterocycles. The number of nitrogens with two attached hydrogens (primary N) is 1. The normalized spacial score (nSPS) is 14.1.